The molecule has 18 heavy (non-hydrogen) atoms. The van der Waals surface area contributed by atoms with Crippen LogP contribution in [0.15, 0.2) is 18.2 Å². The van der Waals surface area contributed by atoms with Gasteiger partial charge in [-0.3, -0.25) is 0 Å². The highest BCUT2D eigenvalue weighted by atomic mass is 35.5. The van der Waals surface area contributed by atoms with E-state index in [9.17, 15) is 0 Å². The quantitative estimate of drug-likeness (QED) is 0.938. The minimum atomic E-state index is -0.143. The van der Waals surface area contributed by atoms with Crippen LogP contribution in [0.25, 0.3) is 0 Å². The Morgan fingerprint density at radius 1 is 1.39 bits per heavy atom. The lowest BCUT2D eigenvalue weighted by molar-refractivity contribution is 0.722. The van der Waals surface area contributed by atoms with E-state index in [1.54, 1.807) is 12.1 Å². The largest absolute Gasteiger partial charge is 0.323 e. The summed E-state index contributed by atoms with van der Waals surface area (Å²) in [7, 11) is 0. The zero-order chi connectivity index (χ0) is 13.1. The molecule has 0 aliphatic carbocycles. The normalized spacial score (nSPS) is 12.7. The predicted molar refractivity (Wildman–Crippen MR) is 76.4 cm³/mol. The fourth-order valence-corrected chi connectivity index (χ4v) is 2.90. The number of halogens is 2. The first-order chi connectivity index (χ1) is 8.61. The van der Waals surface area contributed by atoms with Crippen molar-refractivity contribution in [2.75, 3.05) is 0 Å². The summed E-state index contributed by atoms with van der Waals surface area (Å²) >= 11 is 13.4. The van der Waals surface area contributed by atoms with Gasteiger partial charge in [-0.05, 0) is 48.1 Å². The molecule has 0 fully saturated rings. The Kier molecular flexibility index (Phi) is 4.56. The number of aromatic nitrogens is 2. The van der Waals surface area contributed by atoms with Gasteiger partial charge in [0.2, 0.25) is 0 Å². The summed E-state index contributed by atoms with van der Waals surface area (Å²) in [5.74, 6) is 0. The van der Waals surface area contributed by atoms with Crippen LogP contribution in [0.4, 0.5) is 0 Å². The lowest BCUT2D eigenvalue weighted by Crippen LogP contribution is -2.14. The second-order valence-corrected chi connectivity index (χ2v) is 5.61. The van der Waals surface area contributed by atoms with Gasteiger partial charge in [-0.2, -0.15) is 0 Å². The van der Waals surface area contributed by atoms with Gasteiger partial charge in [0.15, 0.2) is 0 Å². The van der Waals surface area contributed by atoms with Crippen molar-refractivity contribution in [3.8, 4) is 0 Å². The Labute approximate surface area is 120 Å². The molecular weight excluding hydrogens is 289 g/mol. The fraction of sp³-hybridized carbons (Fsp3) is 0.333. The Morgan fingerprint density at radius 3 is 2.89 bits per heavy atom. The van der Waals surface area contributed by atoms with Crippen LogP contribution < -0.4 is 5.73 Å². The molecule has 1 aromatic carbocycles. The standard InChI is InChI=1S/C12H13Cl2N3S/c1-2-11-12(18-17-16-11)10(15)6-7-5-8(13)3-4-9(7)14/h3-5,10H,2,6,15H2,1H3. The maximum atomic E-state index is 6.20. The zero-order valence-electron chi connectivity index (χ0n) is 9.86. The van der Waals surface area contributed by atoms with Gasteiger partial charge >= 0.3 is 0 Å². The molecule has 2 rings (SSSR count). The van der Waals surface area contributed by atoms with E-state index in [1.165, 1.54) is 11.5 Å². The van der Waals surface area contributed by atoms with E-state index < -0.39 is 0 Å². The average molecular weight is 302 g/mol. The first kappa shape index (κ1) is 13.7. The van der Waals surface area contributed by atoms with Gasteiger partial charge in [-0.1, -0.05) is 34.6 Å². The second kappa shape index (κ2) is 5.97. The number of nitrogens with zero attached hydrogens (tertiary/aromatic N) is 2. The molecular formula is C12H13Cl2N3S. The number of hydrogen-bond donors (Lipinski definition) is 1. The first-order valence-electron chi connectivity index (χ1n) is 5.62. The molecule has 0 radical (unpaired) electrons. The van der Waals surface area contributed by atoms with Gasteiger partial charge in [0.05, 0.1) is 10.6 Å². The summed E-state index contributed by atoms with van der Waals surface area (Å²) < 4.78 is 3.95. The van der Waals surface area contributed by atoms with Crippen LogP contribution in [0.1, 0.15) is 29.1 Å². The molecule has 0 aliphatic rings. The molecule has 1 atom stereocenters. The zero-order valence-corrected chi connectivity index (χ0v) is 12.2. The third-order valence-electron chi connectivity index (χ3n) is 2.70. The molecule has 3 nitrogen and oxygen atoms in total. The third-order valence-corrected chi connectivity index (χ3v) is 4.21. The third kappa shape index (κ3) is 3.01. The van der Waals surface area contributed by atoms with E-state index >= 15 is 0 Å². The van der Waals surface area contributed by atoms with Crippen molar-refractivity contribution in [3.63, 3.8) is 0 Å². The van der Waals surface area contributed by atoms with Crippen molar-refractivity contribution in [1.29, 1.82) is 0 Å². The highest BCUT2D eigenvalue weighted by Gasteiger charge is 2.16. The summed E-state index contributed by atoms with van der Waals surface area (Å²) in [5, 5.41) is 5.42. The van der Waals surface area contributed by atoms with Crippen LogP contribution in [0.3, 0.4) is 0 Å². The highest BCUT2D eigenvalue weighted by Crippen LogP contribution is 2.27. The molecule has 0 bridgehead atoms. The molecule has 6 heteroatoms. The average Bonchev–Trinajstić information content (AvgIpc) is 2.82. The summed E-state index contributed by atoms with van der Waals surface area (Å²) in [5.41, 5.74) is 8.11. The molecule has 2 aromatic rings. The summed E-state index contributed by atoms with van der Waals surface area (Å²) in [6.07, 6.45) is 1.47. The number of rotatable bonds is 4. The van der Waals surface area contributed by atoms with E-state index in [2.05, 4.69) is 9.59 Å². The van der Waals surface area contributed by atoms with Crippen LogP contribution in [0.2, 0.25) is 10.0 Å². The molecule has 0 amide bonds. The highest BCUT2D eigenvalue weighted by molar-refractivity contribution is 7.05. The molecule has 1 heterocycles. The lowest BCUT2D eigenvalue weighted by atomic mass is 10.0. The van der Waals surface area contributed by atoms with Gasteiger partial charge in [0.1, 0.15) is 0 Å². The minimum absolute atomic E-state index is 0.143. The summed E-state index contributed by atoms with van der Waals surface area (Å²) in [6.45, 7) is 2.04. The Balaban J connectivity index is 2.21. The molecule has 0 saturated carbocycles. The van der Waals surface area contributed by atoms with Gasteiger partial charge in [-0.15, -0.1) is 5.10 Å². The topological polar surface area (TPSA) is 51.8 Å². The van der Waals surface area contributed by atoms with E-state index in [-0.39, 0.29) is 6.04 Å². The van der Waals surface area contributed by atoms with Crippen molar-refractivity contribution in [1.82, 2.24) is 9.59 Å². The van der Waals surface area contributed by atoms with E-state index in [1.807, 2.05) is 13.0 Å². The maximum absolute atomic E-state index is 6.20. The molecule has 2 N–H and O–H groups in total. The number of nitrogens with two attached hydrogens (primary N) is 1. The predicted octanol–water partition coefficient (Wildman–Crippen LogP) is 3.65. The molecule has 1 aromatic heterocycles. The first-order valence-corrected chi connectivity index (χ1v) is 7.15. The minimum Gasteiger partial charge on any atom is -0.323 e. The van der Waals surface area contributed by atoms with Crippen LogP contribution in [0.5, 0.6) is 0 Å². The fourth-order valence-electron chi connectivity index (χ4n) is 1.77. The smallest absolute Gasteiger partial charge is 0.0801 e. The molecule has 0 spiro atoms. The van der Waals surface area contributed by atoms with Crippen molar-refractivity contribution in [2.45, 2.75) is 25.8 Å². The van der Waals surface area contributed by atoms with Gasteiger partial charge in [-0.25, -0.2) is 0 Å². The van der Waals surface area contributed by atoms with Crippen LogP contribution in [-0.4, -0.2) is 9.59 Å². The van der Waals surface area contributed by atoms with Crippen molar-refractivity contribution in [3.05, 3.63) is 44.4 Å². The summed E-state index contributed by atoms with van der Waals surface area (Å²) in [6, 6.07) is 5.27. The number of aryl methyl sites for hydroxylation is 1. The SMILES string of the molecule is CCc1nnsc1C(N)Cc1cc(Cl)ccc1Cl. The van der Waals surface area contributed by atoms with Gasteiger partial charge in [0, 0.05) is 16.1 Å². The number of benzene rings is 1. The van der Waals surface area contributed by atoms with Gasteiger partial charge in [0.25, 0.3) is 0 Å². The van der Waals surface area contributed by atoms with Crippen LogP contribution in [0, 0.1) is 0 Å². The summed E-state index contributed by atoms with van der Waals surface area (Å²) in [4.78, 5) is 1.02. The van der Waals surface area contributed by atoms with Crippen molar-refractivity contribution in [2.24, 2.45) is 5.73 Å². The van der Waals surface area contributed by atoms with E-state index in [4.69, 9.17) is 28.9 Å². The molecule has 0 aliphatic heterocycles. The number of hydrogen-bond acceptors (Lipinski definition) is 4. The van der Waals surface area contributed by atoms with Crippen LogP contribution >= 0.6 is 34.7 Å². The molecule has 96 valence electrons. The maximum Gasteiger partial charge on any atom is 0.0801 e. The molecule has 0 saturated heterocycles. The lowest BCUT2D eigenvalue weighted by Gasteiger charge is -2.12. The second-order valence-electron chi connectivity index (χ2n) is 3.98. The Hall–Kier alpha value is -0.680. The molecule has 1 unspecified atom stereocenters. The van der Waals surface area contributed by atoms with Gasteiger partial charge < -0.3 is 5.73 Å². The van der Waals surface area contributed by atoms with Crippen LogP contribution in [-0.2, 0) is 12.8 Å². The Bertz CT molecular complexity index is 542. The van der Waals surface area contributed by atoms with E-state index in [0.717, 1.165) is 22.6 Å². The monoisotopic (exact) mass is 301 g/mol. The Morgan fingerprint density at radius 2 is 2.17 bits per heavy atom. The van der Waals surface area contributed by atoms with Crippen molar-refractivity contribution < 1.29 is 0 Å². The van der Waals surface area contributed by atoms with Crippen molar-refractivity contribution >= 4 is 34.7 Å². The van der Waals surface area contributed by atoms with E-state index in [0.29, 0.717) is 16.5 Å².